The molecule has 1 atom stereocenters. The maximum atomic E-state index is 11.7. The van der Waals surface area contributed by atoms with Crippen LogP contribution in [0.5, 0.6) is 0 Å². The molecule has 0 aliphatic heterocycles. The number of anilines is 1. The highest BCUT2D eigenvalue weighted by atomic mass is 35.5. The van der Waals surface area contributed by atoms with Gasteiger partial charge >= 0.3 is 0 Å². The van der Waals surface area contributed by atoms with Crippen LogP contribution in [0.3, 0.4) is 0 Å². The molecule has 0 amide bonds. The first kappa shape index (κ1) is 19.7. The van der Waals surface area contributed by atoms with Gasteiger partial charge in [-0.1, -0.05) is 29.8 Å². The van der Waals surface area contributed by atoms with Gasteiger partial charge in [-0.2, -0.15) is 0 Å². The molecule has 0 radical (unpaired) electrons. The lowest BCUT2D eigenvalue weighted by molar-refractivity contribution is 0.193. The van der Waals surface area contributed by atoms with Crippen molar-refractivity contribution >= 4 is 28.0 Å². The Morgan fingerprint density at radius 2 is 1.92 bits per heavy atom. The second kappa shape index (κ2) is 9.77. The van der Waals surface area contributed by atoms with Crippen molar-refractivity contribution in [3.63, 3.8) is 0 Å². The van der Waals surface area contributed by atoms with Crippen molar-refractivity contribution in [2.45, 2.75) is 17.4 Å². The van der Waals surface area contributed by atoms with Gasteiger partial charge in [-0.15, -0.1) is 0 Å². The lowest BCUT2D eigenvalue weighted by atomic mass is 9.96. The van der Waals surface area contributed by atoms with E-state index in [1.165, 1.54) is 0 Å². The number of hydrogen-bond acceptors (Lipinski definition) is 5. The number of para-hydroxylation sites is 1. The highest BCUT2D eigenvalue weighted by Gasteiger charge is 2.21. The van der Waals surface area contributed by atoms with E-state index in [0.717, 1.165) is 17.7 Å². The largest absolute Gasteiger partial charge is 0.388 e. The van der Waals surface area contributed by atoms with E-state index in [1.807, 2.05) is 31.3 Å². The van der Waals surface area contributed by atoms with Crippen molar-refractivity contribution < 1.29 is 13.2 Å². The lowest BCUT2D eigenvalue weighted by Gasteiger charge is -2.24. The minimum absolute atomic E-state index is 0.273. The van der Waals surface area contributed by atoms with Gasteiger partial charge in [0.25, 0.3) is 0 Å². The smallest absolute Gasteiger partial charge is 0.168 e. The van der Waals surface area contributed by atoms with Crippen LogP contribution in [-0.2, 0) is 15.4 Å². The molecule has 1 unspecified atom stereocenters. The molecule has 5 nitrogen and oxygen atoms in total. The summed E-state index contributed by atoms with van der Waals surface area (Å²) in [5, 5.41) is 7.10. The number of benzene rings is 2. The number of nitrogens with one attached hydrogen (secondary N) is 2. The predicted octanol–water partition coefficient (Wildman–Crippen LogP) is 3.07. The number of rotatable bonds is 9. The summed E-state index contributed by atoms with van der Waals surface area (Å²) in [6.07, 6.45) is 0.814. The number of methoxy groups -OCH3 is 1. The van der Waals surface area contributed by atoms with Crippen LogP contribution in [0.4, 0.5) is 5.69 Å². The molecule has 0 aromatic heterocycles. The molecule has 0 heterocycles. The summed E-state index contributed by atoms with van der Waals surface area (Å²) in [5.74, 6) is 0. The summed E-state index contributed by atoms with van der Waals surface area (Å²) in [5.41, 5.74) is 2.53. The van der Waals surface area contributed by atoms with Crippen LogP contribution < -0.4 is 10.6 Å². The Balaban J connectivity index is 2.50. The molecule has 2 rings (SSSR count). The van der Waals surface area contributed by atoms with Crippen molar-refractivity contribution in [1.29, 1.82) is 0 Å². The highest BCUT2D eigenvalue weighted by Crippen LogP contribution is 2.32. The quantitative estimate of drug-likeness (QED) is 0.459. The number of thiol groups is 1. The van der Waals surface area contributed by atoms with Crippen molar-refractivity contribution in [2.24, 2.45) is 0 Å². The topological polar surface area (TPSA) is 67.4 Å². The van der Waals surface area contributed by atoms with Gasteiger partial charge in [0.2, 0.25) is 0 Å². The number of halogens is 1. The molecule has 0 aliphatic rings. The minimum Gasteiger partial charge on any atom is -0.388 e. The zero-order valence-corrected chi connectivity index (χ0v) is 15.9. The Morgan fingerprint density at radius 1 is 1.16 bits per heavy atom. The molecular weight excluding hydrogens is 360 g/mol. The molecule has 2 aromatic carbocycles. The van der Waals surface area contributed by atoms with Crippen molar-refractivity contribution in [3.8, 4) is 0 Å². The molecule has 2 aromatic rings. The first-order valence-electron chi connectivity index (χ1n) is 8.01. The third-order valence-electron chi connectivity index (χ3n) is 3.91. The maximum Gasteiger partial charge on any atom is 0.168 e. The van der Waals surface area contributed by atoms with E-state index in [9.17, 15) is 8.42 Å². The predicted molar refractivity (Wildman–Crippen MR) is 102 cm³/mol. The van der Waals surface area contributed by atoms with Crippen LogP contribution in [0.2, 0.25) is 5.02 Å². The fraction of sp³-hybridized carbons (Fsp3) is 0.333. The molecule has 0 bridgehead atoms. The van der Waals surface area contributed by atoms with Crippen LogP contribution in [0.15, 0.2) is 47.4 Å². The summed E-state index contributed by atoms with van der Waals surface area (Å²) in [6, 6.07) is 12.4. The summed E-state index contributed by atoms with van der Waals surface area (Å²) < 4.78 is 28.6. The van der Waals surface area contributed by atoms with E-state index >= 15 is 0 Å². The SMILES string of the molecule is CNc1ccccc1C(NCCCOC)c1cc(Cl)ccc1[SH](=O)=O. The van der Waals surface area contributed by atoms with E-state index in [4.69, 9.17) is 16.3 Å². The van der Waals surface area contributed by atoms with Crippen molar-refractivity contribution in [1.82, 2.24) is 5.32 Å². The molecule has 7 heteroatoms. The second-order valence-corrected chi connectivity index (χ2v) is 6.96. The van der Waals surface area contributed by atoms with E-state index in [2.05, 4.69) is 10.6 Å². The zero-order chi connectivity index (χ0) is 18.2. The van der Waals surface area contributed by atoms with Gasteiger partial charge in [-0.3, -0.25) is 0 Å². The normalized spacial score (nSPS) is 12.3. The minimum atomic E-state index is -2.73. The molecule has 136 valence electrons. The Hall–Kier alpha value is -1.60. The first-order chi connectivity index (χ1) is 12.1. The van der Waals surface area contributed by atoms with E-state index in [-0.39, 0.29) is 10.9 Å². The molecule has 0 saturated heterocycles. The Kier molecular flexibility index (Phi) is 7.71. The van der Waals surface area contributed by atoms with Gasteiger partial charge < -0.3 is 15.4 Å². The van der Waals surface area contributed by atoms with Gasteiger partial charge in [0.1, 0.15) is 0 Å². The molecule has 2 N–H and O–H groups in total. The van der Waals surface area contributed by atoms with Gasteiger partial charge in [0, 0.05) is 31.5 Å². The van der Waals surface area contributed by atoms with Crippen LogP contribution in [0.25, 0.3) is 0 Å². The molecular formula is C18H23ClN2O3S. The average molecular weight is 383 g/mol. The number of ether oxygens (including phenoxy) is 1. The Bertz CT molecular complexity index is 773. The summed E-state index contributed by atoms with van der Waals surface area (Å²) in [6.45, 7) is 1.31. The van der Waals surface area contributed by atoms with E-state index in [1.54, 1.807) is 25.3 Å². The fourth-order valence-electron chi connectivity index (χ4n) is 2.75. The van der Waals surface area contributed by atoms with Crippen LogP contribution in [0, 0.1) is 0 Å². The van der Waals surface area contributed by atoms with Crippen molar-refractivity contribution in [2.75, 3.05) is 32.6 Å². The van der Waals surface area contributed by atoms with Crippen LogP contribution >= 0.6 is 11.6 Å². The molecule has 0 spiro atoms. The summed E-state index contributed by atoms with van der Waals surface area (Å²) in [7, 11) is 0.768. The van der Waals surface area contributed by atoms with Gasteiger partial charge in [0.05, 0.1) is 10.9 Å². The summed E-state index contributed by atoms with van der Waals surface area (Å²) >= 11 is 6.15. The first-order valence-corrected chi connectivity index (χ1v) is 9.57. The zero-order valence-electron chi connectivity index (χ0n) is 14.3. The van der Waals surface area contributed by atoms with Crippen LogP contribution in [0.1, 0.15) is 23.6 Å². The van der Waals surface area contributed by atoms with Gasteiger partial charge in [-0.05, 0) is 48.4 Å². The fourth-order valence-corrected chi connectivity index (χ4v) is 3.53. The van der Waals surface area contributed by atoms with Gasteiger partial charge in [0.15, 0.2) is 10.7 Å². The van der Waals surface area contributed by atoms with Crippen molar-refractivity contribution in [3.05, 3.63) is 58.6 Å². The monoisotopic (exact) mass is 382 g/mol. The maximum absolute atomic E-state index is 11.7. The van der Waals surface area contributed by atoms with E-state index < -0.39 is 10.7 Å². The van der Waals surface area contributed by atoms with Crippen LogP contribution in [-0.4, -0.2) is 35.7 Å². The number of hydrogen-bond donors (Lipinski definition) is 3. The standard InChI is InChI=1S/C18H23ClN2O3S/c1-20-16-7-4-3-6-14(16)18(21-10-5-11-24-2)15-12-13(19)8-9-17(15)25(22)23/h3-4,6-9,12,18,20-21,25H,5,10-11H2,1-2H3. The Morgan fingerprint density at radius 3 is 2.60 bits per heavy atom. The third-order valence-corrected chi connectivity index (χ3v) is 4.95. The molecule has 0 aliphatic carbocycles. The molecule has 0 saturated carbocycles. The van der Waals surface area contributed by atoms with Gasteiger partial charge in [-0.25, -0.2) is 8.42 Å². The lowest BCUT2D eigenvalue weighted by Crippen LogP contribution is -2.26. The average Bonchev–Trinajstić information content (AvgIpc) is 2.61. The molecule has 0 fully saturated rings. The Labute approximate surface area is 155 Å². The van der Waals surface area contributed by atoms with E-state index in [0.29, 0.717) is 23.7 Å². The third kappa shape index (κ3) is 5.19. The summed E-state index contributed by atoms with van der Waals surface area (Å²) in [4.78, 5) is 0.273. The second-order valence-electron chi connectivity index (χ2n) is 5.53. The molecule has 25 heavy (non-hydrogen) atoms. The highest BCUT2D eigenvalue weighted by molar-refractivity contribution is 7.72.